The lowest BCUT2D eigenvalue weighted by atomic mass is 10.1. The zero-order valence-electron chi connectivity index (χ0n) is 10.2. The summed E-state index contributed by atoms with van der Waals surface area (Å²) in [6.07, 6.45) is 3.26. The largest absolute Gasteiger partial charge is 0.444 e. The predicted molar refractivity (Wildman–Crippen MR) is 59.6 cm³/mol. The summed E-state index contributed by atoms with van der Waals surface area (Å²) >= 11 is 0. The minimum absolute atomic E-state index is 0.133. The lowest BCUT2D eigenvalue weighted by molar-refractivity contribution is 0.0163. The quantitative estimate of drug-likeness (QED) is 0.725. The number of nitrogens with zero attached hydrogens (tertiary/aromatic N) is 1. The van der Waals surface area contributed by atoms with Gasteiger partial charge in [-0.2, -0.15) is 0 Å². The highest BCUT2D eigenvalue weighted by Gasteiger charge is 2.25. The summed E-state index contributed by atoms with van der Waals surface area (Å²) in [5, 5.41) is 3.31. The minimum Gasteiger partial charge on any atom is -0.444 e. The van der Waals surface area contributed by atoms with E-state index in [0.717, 1.165) is 13.0 Å². The average Bonchev–Trinajstić information content (AvgIpc) is 2.15. The second-order valence-electron chi connectivity index (χ2n) is 5.06. The predicted octanol–water partition coefficient (Wildman–Crippen LogP) is 1.95. The summed E-state index contributed by atoms with van der Waals surface area (Å²) in [4.78, 5) is 13.4. The zero-order valence-corrected chi connectivity index (χ0v) is 10.2. The molecule has 0 radical (unpaired) electrons. The topological polar surface area (TPSA) is 41.6 Å². The second-order valence-corrected chi connectivity index (χ2v) is 5.06. The average molecular weight is 214 g/mol. The summed E-state index contributed by atoms with van der Waals surface area (Å²) in [6.45, 7) is 6.63. The van der Waals surface area contributed by atoms with Crippen molar-refractivity contribution in [1.82, 2.24) is 10.2 Å². The molecule has 4 nitrogen and oxygen atoms in total. The van der Waals surface area contributed by atoms with Gasteiger partial charge in [0.25, 0.3) is 0 Å². The third kappa shape index (κ3) is 4.08. The van der Waals surface area contributed by atoms with E-state index in [9.17, 15) is 4.79 Å². The maximum absolute atomic E-state index is 11.7. The summed E-state index contributed by atoms with van der Waals surface area (Å²) in [7, 11) is 1.79. The van der Waals surface area contributed by atoms with Crippen molar-refractivity contribution < 1.29 is 9.53 Å². The van der Waals surface area contributed by atoms with Gasteiger partial charge in [-0.25, -0.2) is 4.79 Å². The summed E-state index contributed by atoms with van der Waals surface area (Å²) in [5.74, 6) is 0. The number of carbonyl (C=O) groups is 1. The van der Waals surface area contributed by atoms with Crippen LogP contribution in [0.2, 0.25) is 0 Å². The highest BCUT2D eigenvalue weighted by molar-refractivity contribution is 5.68. The first-order chi connectivity index (χ1) is 6.90. The molecule has 0 saturated carbocycles. The first kappa shape index (κ1) is 12.3. The van der Waals surface area contributed by atoms with Crippen LogP contribution >= 0.6 is 0 Å². The molecule has 15 heavy (non-hydrogen) atoms. The third-order valence-electron chi connectivity index (χ3n) is 2.43. The Balaban J connectivity index is 2.44. The van der Waals surface area contributed by atoms with Gasteiger partial charge in [-0.3, -0.25) is 10.2 Å². The molecule has 1 amide bonds. The molecule has 0 spiro atoms. The Bertz CT molecular complexity index is 217. The molecule has 0 aliphatic carbocycles. The Morgan fingerprint density at radius 2 is 2.07 bits per heavy atom. The highest BCUT2D eigenvalue weighted by Crippen LogP contribution is 2.14. The van der Waals surface area contributed by atoms with E-state index in [1.807, 2.05) is 20.8 Å². The molecule has 1 fully saturated rings. The number of carbonyl (C=O) groups excluding carboxylic acids is 1. The molecule has 1 atom stereocenters. The van der Waals surface area contributed by atoms with E-state index < -0.39 is 5.60 Å². The number of amides is 1. The maximum Gasteiger partial charge on any atom is 0.411 e. The SMILES string of the molecule is CN(C(=O)OC(C)(C)C)C1CCCCN1. The lowest BCUT2D eigenvalue weighted by Crippen LogP contribution is -2.50. The molecule has 0 aromatic carbocycles. The van der Waals surface area contributed by atoms with Crippen LogP contribution in [0.3, 0.4) is 0 Å². The molecule has 1 aliphatic rings. The molecule has 1 unspecified atom stereocenters. The maximum atomic E-state index is 11.7. The van der Waals surface area contributed by atoms with Crippen molar-refractivity contribution in [1.29, 1.82) is 0 Å². The van der Waals surface area contributed by atoms with E-state index >= 15 is 0 Å². The summed E-state index contributed by atoms with van der Waals surface area (Å²) < 4.78 is 5.30. The van der Waals surface area contributed by atoms with E-state index in [0.29, 0.717) is 0 Å². The van der Waals surface area contributed by atoms with Crippen molar-refractivity contribution >= 4 is 6.09 Å². The summed E-state index contributed by atoms with van der Waals surface area (Å²) in [5.41, 5.74) is -0.417. The minimum atomic E-state index is -0.417. The Labute approximate surface area is 92.0 Å². The fourth-order valence-electron chi connectivity index (χ4n) is 1.63. The van der Waals surface area contributed by atoms with Crippen molar-refractivity contribution in [3.8, 4) is 0 Å². The van der Waals surface area contributed by atoms with E-state index in [2.05, 4.69) is 5.32 Å². The van der Waals surface area contributed by atoms with E-state index in [-0.39, 0.29) is 12.3 Å². The Morgan fingerprint density at radius 3 is 2.53 bits per heavy atom. The molecule has 1 saturated heterocycles. The first-order valence-electron chi connectivity index (χ1n) is 5.59. The zero-order chi connectivity index (χ0) is 11.5. The van der Waals surface area contributed by atoms with Crippen LogP contribution in [-0.4, -0.2) is 36.4 Å². The van der Waals surface area contributed by atoms with E-state index in [4.69, 9.17) is 4.74 Å². The molecule has 0 aromatic heterocycles. The molecule has 1 aliphatic heterocycles. The van der Waals surface area contributed by atoms with Gasteiger partial charge in [0.1, 0.15) is 5.60 Å². The van der Waals surface area contributed by atoms with Gasteiger partial charge in [0.15, 0.2) is 0 Å². The number of nitrogens with one attached hydrogen (secondary N) is 1. The molecule has 1 N–H and O–H groups in total. The van der Waals surface area contributed by atoms with Gasteiger partial charge >= 0.3 is 6.09 Å². The van der Waals surface area contributed by atoms with Crippen LogP contribution < -0.4 is 5.32 Å². The number of hydrogen-bond donors (Lipinski definition) is 1. The number of piperidine rings is 1. The Kier molecular flexibility index (Phi) is 3.97. The van der Waals surface area contributed by atoms with Crippen LogP contribution in [0.15, 0.2) is 0 Å². The molecular formula is C11H22N2O2. The molecule has 1 heterocycles. The van der Waals surface area contributed by atoms with Gasteiger partial charge in [0.2, 0.25) is 0 Å². The van der Waals surface area contributed by atoms with Crippen molar-refractivity contribution in [2.24, 2.45) is 0 Å². The van der Waals surface area contributed by atoms with Crippen molar-refractivity contribution in [2.45, 2.75) is 51.8 Å². The van der Waals surface area contributed by atoms with Crippen LogP contribution in [-0.2, 0) is 4.74 Å². The van der Waals surface area contributed by atoms with Gasteiger partial charge in [-0.05, 0) is 46.6 Å². The fraction of sp³-hybridized carbons (Fsp3) is 0.909. The fourth-order valence-corrected chi connectivity index (χ4v) is 1.63. The third-order valence-corrected chi connectivity index (χ3v) is 2.43. The van der Waals surface area contributed by atoms with Crippen LogP contribution in [0.25, 0.3) is 0 Å². The normalized spacial score (nSPS) is 22.3. The summed E-state index contributed by atoms with van der Waals surface area (Å²) in [6, 6.07) is 0. The van der Waals surface area contributed by atoms with Crippen LogP contribution in [0.4, 0.5) is 4.79 Å². The molecule has 1 rings (SSSR count). The first-order valence-corrected chi connectivity index (χ1v) is 5.59. The molecule has 0 aromatic rings. The van der Waals surface area contributed by atoms with Gasteiger partial charge in [0.05, 0.1) is 6.17 Å². The van der Waals surface area contributed by atoms with Crippen LogP contribution in [0.1, 0.15) is 40.0 Å². The van der Waals surface area contributed by atoms with Crippen LogP contribution in [0.5, 0.6) is 0 Å². The number of ether oxygens (including phenoxy) is 1. The second kappa shape index (κ2) is 4.84. The molecule has 4 heteroatoms. The Hall–Kier alpha value is -0.770. The van der Waals surface area contributed by atoms with Crippen molar-refractivity contribution in [3.05, 3.63) is 0 Å². The smallest absolute Gasteiger partial charge is 0.411 e. The number of rotatable bonds is 1. The van der Waals surface area contributed by atoms with Gasteiger partial charge in [-0.1, -0.05) is 0 Å². The van der Waals surface area contributed by atoms with Crippen molar-refractivity contribution in [2.75, 3.05) is 13.6 Å². The molecule has 88 valence electrons. The molecule has 0 bridgehead atoms. The molecular weight excluding hydrogens is 192 g/mol. The van der Waals surface area contributed by atoms with Gasteiger partial charge in [0, 0.05) is 7.05 Å². The van der Waals surface area contributed by atoms with E-state index in [1.165, 1.54) is 12.8 Å². The van der Waals surface area contributed by atoms with E-state index in [1.54, 1.807) is 11.9 Å². The van der Waals surface area contributed by atoms with Crippen LogP contribution in [0, 0.1) is 0 Å². The standard InChI is InChI=1S/C11H22N2O2/c1-11(2,3)15-10(14)13(4)9-7-5-6-8-12-9/h9,12H,5-8H2,1-4H3. The number of hydrogen-bond acceptors (Lipinski definition) is 3. The van der Waals surface area contributed by atoms with Gasteiger partial charge in [-0.15, -0.1) is 0 Å². The highest BCUT2D eigenvalue weighted by atomic mass is 16.6. The van der Waals surface area contributed by atoms with Gasteiger partial charge < -0.3 is 4.74 Å². The lowest BCUT2D eigenvalue weighted by Gasteiger charge is -2.33. The Morgan fingerprint density at radius 1 is 1.40 bits per heavy atom. The van der Waals surface area contributed by atoms with Crippen molar-refractivity contribution in [3.63, 3.8) is 0 Å². The monoisotopic (exact) mass is 214 g/mol.